The van der Waals surface area contributed by atoms with Gasteiger partial charge in [-0.05, 0) is 6.07 Å². The van der Waals surface area contributed by atoms with Crippen molar-refractivity contribution in [2.75, 3.05) is 26.2 Å². The SMILES string of the molecule is O=C(c1n[nH]c(=O)c2[nH]c3ccccc3c12)N1CCNCC1. The van der Waals surface area contributed by atoms with Crippen LogP contribution in [0.25, 0.3) is 21.8 Å². The summed E-state index contributed by atoms with van der Waals surface area (Å²) in [5.74, 6) is -0.146. The van der Waals surface area contributed by atoms with Crippen LogP contribution < -0.4 is 10.9 Å². The van der Waals surface area contributed by atoms with E-state index in [1.165, 1.54) is 0 Å². The molecule has 1 amide bonds. The van der Waals surface area contributed by atoms with Crippen molar-refractivity contribution in [1.29, 1.82) is 0 Å². The summed E-state index contributed by atoms with van der Waals surface area (Å²) >= 11 is 0. The predicted molar refractivity (Wildman–Crippen MR) is 83.0 cm³/mol. The van der Waals surface area contributed by atoms with Crippen molar-refractivity contribution in [2.24, 2.45) is 0 Å². The van der Waals surface area contributed by atoms with Gasteiger partial charge in [-0.2, -0.15) is 5.10 Å². The van der Waals surface area contributed by atoms with Gasteiger partial charge in [-0.1, -0.05) is 18.2 Å². The van der Waals surface area contributed by atoms with Gasteiger partial charge in [0.15, 0.2) is 5.69 Å². The molecule has 0 saturated carbocycles. The van der Waals surface area contributed by atoms with Gasteiger partial charge >= 0.3 is 0 Å². The number of H-pyrrole nitrogens is 2. The fourth-order valence-corrected chi connectivity index (χ4v) is 2.95. The van der Waals surface area contributed by atoms with Crippen LogP contribution in [0.15, 0.2) is 29.1 Å². The number of piperazine rings is 1. The molecule has 0 spiro atoms. The van der Waals surface area contributed by atoms with Crippen molar-refractivity contribution >= 4 is 27.7 Å². The van der Waals surface area contributed by atoms with E-state index >= 15 is 0 Å². The van der Waals surface area contributed by atoms with Crippen molar-refractivity contribution in [3.05, 3.63) is 40.3 Å². The van der Waals surface area contributed by atoms with Crippen LogP contribution in [0, 0.1) is 0 Å². The summed E-state index contributed by atoms with van der Waals surface area (Å²) in [6.45, 7) is 2.82. The van der Waals surface area contributed by atoms with E-state index in [0.717, 1.165) is 24.0 Å². The maximum Gasteiger partial charge on any atom is 0.288 e. The van der Waals surface area contributed by atoms with Gasteiger partial charge in [0.1, 0.15) is 5.52 Å². The fraction of sp³-hybridized carbons (Fsp3) is 0.267. The third kappa shape index (κ3) is 1.90. The van der Waals surface area contributed by atoms with Crippen LogP contribution in [0.2, 0.25) is 0 Å². The number of rotatable bonds is 1. The van der Waals surface area contributed by atoms with E-state index in [0.29, 0.717) is 29.7 Å². The molecular formula is C15H15N5O2. The van der Waals surface area contributed by atoms with Gasteiger partial charge in [-0.15, -0.1) is 0 Å². The molecular weight excluding hydrogens is 282 g/mol. The monoisotopic (exact) mass is 297 g/mol. The minimum absolute atomic E-state index is 0.146. The first-order chi connectivity index (χ1) is 10.8. The third-order valence-corrected chi connectivity index (χ3v) is 4.05. The molecule has 4 rings (SSSR count). The summed E-state index contributed by atoms with van der Waals surface area (Å²) in [4.78, 5) is 29.6. The average molecular weight is 297 g/mol. The van der Waals surface area contributed by atoms with E-state index in [1.54, 1.807) is 4.90 Å². The number of carbonyl (C=O) groups excluding carboxylic acids is 1. The molecule has 2 aromatic heterocycles. The molecule has 0 atom stereocenters. The Kier molecular flexibility index (Phi) is 2.93. The van der Waals surface area contributed by atoms with E-state index < -0.39 is 0 Å². The molecule has 3 heterocycles. The smallest absolute Gasteiger partial charge is 0.288 e. The Balaban J connectivity index is 1.95. The molecule has 0 aliphatic carbocycles. The summed E-state index contributed by atoms with van der Waals surface area (Å²) in [6, 6.07) is 7.55. The maximum atomic E-state index is 12.8. The molecule has 7 nitrogen and oxygen atoms in total. The molecule has 3 aromatic rings. The number of fused-ring (bicyclic) bond motifs is 3. The molecule has 1 aliphatic heterocycles. The highest BCUT2D eigenvalue weighted by atomic mass is 16.2. The van der Waals surface area contributed by atoms with Crippen molar-refractivity contribution < 1.29 is 4.79 Å². The van der Waals surface area contributed by atoms with Crippen LogP contribution in [0.1, 0.15) is 10.5 Å². The predicted octanol–water partition coefficient (Wildman–Crippen LogP) is 0.450. The number of aromatic nitrogens is 3. The van der Waals surface area contributed by atoms with Gasteiger partial charge in [0.2, 0.25) is 0 Å². The Morgan fingerprint density at radius 3 is 2.77 bits per heavy atom. The first kappa shape index (κ1) is 13.0. The Labute approximate surface area is 125 Å². The van der Waals surface area contributed by atoms with Crippen molar-refractivity contribution in [2.45, 2.75) is 0 Å². The molecule has 0 radical (unpaired) electrons. The van der Waals surface area contributed by atoms with Gasteiger partial charge in [-0.25, -0.2) is 5.10 Å². The zero-order valence-corrected chi connectivity index (χ0v) is 11.8. The topological polar surface area (TPSA) is 93.9 Å². The first-order valence-electron chi connectivity index (χ1n) is 7.25. The molecule has 112 valence electrons. The number of nitrogens with zero attached hydrogens (tertiary/aromatic N) is 2. The lowest BCUT2D eigenvalue weighted by Crippen LogP contribution is -2.46. The Morgan fingerprint density at radius 1 is 1.18 bits per heavy atom. The van der Waals surface area contributed by atoms with Crippen LogP contribution in [-0.4, -0.2) is 52.2 Å². The quantitative estimate of drug-likeness (QED) is 0.608. The van der Waals surface area contributed by atoms with Gasteiger partial charge < -0.3 is 15.2 Å². The minimum atomic E-state index is -0.317. The number of aromatic amines is 2. The molecule has 0 bridgehead atoms. The van der Waals surface area contributed by atoms with Gasteiger partial charge in [0.25, 0.3) is 11.5 Å². The first-order valence-corrected chi connectivity index (χ1v) is 7.25. The van der Waals surface area contributed by atoms with Crippen LogP contribution in [0.3, 0.4) is 0 Å². The standard InChI is InChI=1S/C15H15N5O2/c21-14-12-11(9-3-1-2-4-10(9)17-12)13(18-19-14)15(22)20-7-5-16-6-8-20/h1-4,16-17H,5-8H2,(H,19,21). The molecule has 1 aliphatic rings. The fourth-order valence-electron chi connectivity index (χ4n) is 2.95. The minimum Gasteiger partial charge on any atom is -0.350 e. The highest BCUT2D eigenvalue weighted by Crippen LogP contribution is 2.25. The summed E-state index contributed by atoms with van der Waals surface area (Å²) in [5, 5.41) is 11.1. The summed E-state index contributed by atoms with van der Waals surface area (Å²) in [6.07, 6.45) is 0. The number of para-hydroxylation sites is 1. The van der Waals surface area contributed by atoms with E-state index in [9.17, 15) is 9.59 Å². The van der Waals surface area contributed by atoms with E-state index in [4.69, 9.17) is 0 Å². The summed E-state index contributed by atoms with van der Waals surface area (Å²) in [5.41, 5.74) is 1.21. The highest BCUT2D eigenvalue weighted by molar-refractivity contribution is 6.16. The third-order valence-electron chi connectivity index (χ3n) is 4.05. The lowest BCUT2D eigenvalue weighted by Gasteiger charge is -2.27. The second kappa shape index (κ2) is 4.96. The van der Waals surface area contributed by atoms with Gasteiger partial charge in [-0.3, -0.25) is 9.59 Å². The van der Waals surface area contributed by atoms with E-state index in [1.807, 2.05) is 24.3 Å². The Bertz CT molecular complexity index is 920. The molecule has 3 N–H and O–H groups in total. The molecule has 1 fully saturated rings. The number of nitrogens with one attached hydrogen (secondary N) is 3. The summed E-state index contributed by atoms with van der Waals surface area (Å²) < 4.78 is 0. The second-order valence-electron chi connectivity index (χ2n) is 5.36. The number of amides is 1. The van der Waals surface area contributed by atoms with Gasteiger partial charge in [0, 0.05) is 42.5 Å². The largest absolute Gasteiger partial charge is 0.350 e. The van der Waals surface area contributed by atoms with Crippen LogP contribution in [-0.2, 0) is 0 Å². The van der Waals surface area contributed by atoms with Crippen molar-refractivity contribution in [1.82, 2.24) is 25.4 Å². The maximum absolute atomic E-state index is 12.8. The van der Waals surface area contributed by atoms with E-state index in [2.05, 4.69) is 20.5 Å². The molecule has 7 heteroatoms. The highest BCUT2D eigenvalue weighted by Gasteiger charge is 2.24. The molecule has 0 unspecified atom stereocenters. The second-order valence-corrected chi connectivity index (χ2v) is 5.36. The molecule has 1 saturated heterocycles. The average Bonchev–Trinajstić information content (AvgIpc) is 2.96. The van der Waals surface area contributed by atoms with Gasteiger partial charge in [0.05, 0.1) is 0 Å². The van der Waals surface area contributed by atoms with Crippen molar-refractivity contribution in [3.63, 3.8) is 0 Å². The summed E-state index contributed by atoms with van der Waals surface area (Å²) in [7, 11) is 0. The normalized spacial score (nSPS) is 15.5. The zero-order chi connectivity index (χ0) is 15.1. The molecule has 22 heavy (non-hydrogen) atoms. The number of carbonyl (C=O) groups is 1. The van der Waals surface area contributed by atoms with Crippen molar-refractivity contribution in [3.8, 4) is 0 Å². The van der Waals surface area contributed by atoms with E-state index in [-0.39, 0.29) is 11.5 Å². The van der Waals surface area contributed by atoms with Crippen LogP contribution in [0.4, 0.5) is 0 Å². The number of hydrogen-bond donors (Lipinski definition) is 3. The van der Waals surface area contributed by atoms with Crippen LogP contribution >= 0.6 is 0 Å². The van der Waals surface area contributed by atoms with Crippen LogP contribution in [0.5, 0.6) is 0 Å². The Morgan fingerprint density at radius 2 is 1.95 bits per heavy atom. The lowest BCUT2D eigenvalue weighted by atomic mass is 10.1. The molecule has 1 aromatic carbocycles. The lowest BCUT2D eigenvalue weighted by molar-refractivity contribution is 0.0731. The number of hydrogen-bond acceptors (Lipinski definition) is 4. The number of benzene rings is 1. The Hall–Kier alpha value is -2.67. The zero-order valence-electron chi connectivity index (χ0n) is 11.8.